The molecule has 16 heavy (non-hydrogen) atoms. The summed E-state index contributed by atoms with van der Waals surface area (Å²) in [7, 11) is 0. The quantitative estimate of drug-likeness (QED) is 0.690. The molecule has 0 aliphatic rings. The van der Waals surface area contributed by atoms with Gasteiger partial charge in [0.25, 0.3) is 5.91 Å². The van der Waals surface area contributed by atoms with Gasteiger partial charge in [-0.1, -0.05) is 6.08 Å². The van der Waals surface area contributed by atoms with Gasteiger partial charge in [-0.05, 0) is 13.3 Å². The van der Waals surface area contributed by atoms with Crippen molar-refractivity contribution in [1.82, 2.24) is 14.9 Å². The minimum atomic E-state index is -0.162. The van der Waals surface area contributed by atoms with Crippen molar-refractivity contribution in [2.75, 3.05) is 6.54 Å². The molecule has 0 aromatic carbocycles. The Morgan fingerprint density at radius 2 is 2.56 bits per heavy atom. The lowest BCUT2D eigenvalue weighted by molar-refractivity contribution is 0.0936. The summed E-state index contributed by atoms with van der Waals surface area (Å²) in [5, 5.41) is 2.84. The van der Waals surface area contributed by atoms with Gasteiger partial charge in [0, 0.05) is 25.3 Å². The fourth-order valence-corrected chi connectivity index (χ4v) is 1.36. The predicted octanol–water partition coefficient (Wildman–Crippen LogP) is 0.536. The van der Waals surface area contributed by atoms with Crippen LogP contribution >= 0.6 is 0 Å². The zero-order valence-electron chi connectivity index (χ0n) is 9.52. The molecule has 0 spiro atoms. The summed E-state index contributed by atoms with van der Waals surface area (Å²) < 4.78 is 1.80. The van der Waals surface area contributed by atoms with Crippen LogP contribution in [0.1, 0.15) is 23.8 Å². The maximum Gasteiger partial charge on any atom is 0.271 e. The number of hydrogen-bond donors (Lipinski definition) is 2. The van der Waals surface area contributed by atoms with E-state index in [9.17, 15) is 4.79 Å². The van der Waals surface area contributed by atoms with Crippen LogP contribution in [0.4, 0.5) is 0 Å². The summed E-state index contributed by atoms with van der Waals surface area (Å²) in [5.74, 6) is -0.162. The van der Waals surface area contributed by atoms with E-state index in [4.69, 9.17) is 5.73 Å². The molecule has 88 valence electrons. The highest BCUT2D eigenvalue weighted by Crippen LogP contribution is 1.98. The number of nitrogens with one attached hydrogen (secondary N) is 1. The second-order valence-electron chi connectivity index (χ2n) is 3.68. The first-order valence-corrected chi connectivity index (χ1v) is 5.31. The number of nitrogens with two attached hydrogens (primary N) is 1. The van der Waals surface area contributed by atoms with Crippen molar-refractivity contribution in [2.45, 2.75) is 25.9 Å². The van der Waals surface area contributed by atoms with Crippen molar-refractivity contribution >= 4 is 5.91 Å². The molecule has 0 radical (unpaired) electrons. The molecule has 0 fully saturated rings. The van der Waals surface area contributed by atoms with E-state index in [0.29, 0.717) is 18.8 Å². The Hall–Kier alpha value is -1.62. The number of rotatable bonds is 6. The number of imidazole rings is 1. The smallest absolute Gasteiger partial charge is 0.271 e. The highest BCUT2D eigenvalue weighted by Gasteiger charge is 2.11. The van der Waals surface area contributed by atoms with Gasteiger partial charge in [0.1, 0.15) is 5.69 Å². The summed E-state index contributed by atoms with van der Waals surface area (Å²) in [4.78, 5) is 15.7. The Kier molecular flexibility index (Phi) is 4.72. The van der Waals surface area contributed by atoms with Crippen LogP contribution in [0.2, 0.25) is 0 Å². The molecule has 0 bridgehead atoms. The molecular formula is C11H18N4O. The third kappa shape index (κ3) is 3.51. The number of carbonyl (C=O) groups is 1. The first-order valence-electron chi connectivity index (χ1n) is 5.31. The largest absolute Gasteiger partial charge is 0.348 e. The molecule has 1 aromatic rings. The fraction of sp³-hybridized carbons (Fsp3) is 0.455. The fourth-order valence-electron chi connectivity index (χ4n) is 1.36. The molecule has 1 aromatic heterocycles. The molecule has 1 unspecified atom stereocenters. The lowest BCUT2D eigenvalue weighted by Crippen LogP contribution is -2.32. The molecule has 1 rings (SSSR count). The topological polar surface area (TPSA) is 72.9 Å². The van der Waals surface area contributed by atoms with Crippen molar-refractivity contribution in [2.24, 2.45) is 5.73 Å². The van der Waals surface area contributed by atoms with Gasteiger partial charge in [-0.2, -0.15) is 0 Å². The van der Waals surface area contributed by atoms with E-state index in [1.54, 1.807) is 23.2 Å². The average Bonchev–Trinajstić information content (AvgIpc) is 2.67. The standard InChI is InChI=1S/C11H18N4O/c1-3-4-9(2)14-11(16)10-7-15(6-5-12)8-13-10/h3,7-9H,1,4-6,12H2,2H3,(H,14,16). The van der Waals surface area contributed by atoms with E-state index >= 15 is 0 Å². The van der Waals surface area contributed by atoms with Crippen LogP contribution in [0.25, 0.3) is 0 Å². The minimum Gasteiger partial charge on any atom is -0.348 e. The second-order valence-corrected chi connectivity index (χ2v) is 3.68. The molecular weight excluding hydrogens is 204 g/mol. The average molecular weight is 222 g/mol. The third-order valence-electron chi connectivity index (χ3n) is 2.15. The third-order valence-corrected chi connectivity index (χ3v) is 2.15. The Labute approximate surface area is 95.4 Å². The van der Waals surface area contributed by atoms with Gasteiger partial charge in [-0.3, -0.25) is 4.79 Å². The highest BCUT2D eigenvalue weighted by atomic mass is 16.1. The number of amides is 1. The Bertz CT molecular complexity index is 359. The van der Waals surface area contributed by atoms with Crippen LogP contribution in [0.5, 0.6) is 0 Å². The monoisotopic (exact) mass is 222 g/mol. The number of nitrogens with zero attached hydrogens (tertiary/aromatic N) is 2. The normalized spacial score (nSPS) is 12.1. The van der Waals surface area contributed by atoms with Gasteiger partial charge in [-0.15, -0.1) is 6.58 Å². The van der Waals surface area contributed by atoms with E-state index < -0.39 is 0 Å². The van der Waals surface area contributed by atoms with Gasteiger partial charge in [-0.25, -0.2) is 4.98 Å². The van der Waals surface area contributed by atoms with Gasteiger partial charge in [0.05, 0.1) is 6.33 Å². The maximum atomic E-state index is 11.7. The number of carbonyl (C=O) groups excluding carboxylic acids is 1. The SMILES string of the molecule is C=CCC(C)NC(=O)c1cn(CCN)cn1. The second kappa shape index (κ2) is 6.07. The van der Waals surface area contributed by atoms with E-state index in [1.165, 1.54) is 0 Å². The van der Waals surface area contributed by atoms with Crippen molar-refractivity contribution < 1.29 is 4.79 Å². The Morgan fingerprint density at radius 1 is 1.81 bits per heavy atom. The Balaban J connectivity index is 2.55. The summed E-state index contributed by atoms with van der Waals surface area (Å²) in [6.45, 7) is 6.75. The summed E-state index contributed by atoms with van der Waals surface area (Å²) >= 11 is 0. The molecule has 5 heteroatoms. The molecule has 0 aliphatic heterocycles. The van der Waals surface area contributed by atoms with Gasteiger partial charge < -0.3 is 15.6 Å². The molecule has 1 atom stereocenters. The van der Waals surface area contributed by atoms with Gasteiger partial charge in [0.2, 0.25) is 0 Å². The zero-order valence-corrected chi connectivity index (χ0v) is 9.52. The van der Waals surface area contributed by atoms with Crippen LogP contribution in [-0.2, 0) is 6.54 Å². The van der Waals surface area contributed by atoms with Crippen LogP contribution in [-0.4, -0.2) is 28.0 Å². The van der Waals surface area contributed by atoms with E-state index in [2.05, 4.69) is 16.9 Å². The van der Waals surface area contributed by atoms with E-state index in [-0.39, 0.29) is 11.9 Å². The summed E-state index contributed by atoms with van der Waals surface area (Å²) in [5.41, 5.74) is 5.83. The summed E-state index contributed by atoms with van der Waals surface area (Å²) in [6.07, 6.45) is 5.83. The first kappa shape index (κ1) is 12.4. The maximum absolute atomic E-state index is 11.7. The van der Waals surface area contributed by atoms with Gasteiger partial charge >= 0.3 is 0 Å². The van der Waals surface area contributed by atoms with Crippen LogP contribution in [0.15, 0.2) is 25.2 Å². The molecule has 1 heterocycles. The van der Waals surface area contributed by atoms with Crippen molar-refractivity contribution in [1.29, 1.82) is 0 Å². The predicted molar refractivity (Wildman–Crippen MR) is 63.0 cm³/mol. The lowest BCUT2D eigenvalue weighted by atomic mass is 10.2. The van der Waals surface area contributed by atoms with Gasteiger partial charge in [0.15, 0.2) is 0 Å². The van der Waals surface area contributed by atoms with Crippen LogP contribution in [0, 0.1) is 0 Å². The van der Waals surface area contributed by atoms with Crippen LogP contribution < -0.4 is 11.1 Å². The molecule has 0 saturated carbocycles. The first-order chi connectivity index (χ1) is 7.67. The Morgan fingerprint density at radius 3 is 3.19 bits per heavy atom. The van der Waals surface area contributed by atoms with Crippen molar-refractivity contribution in [3.05, 3.63) is 30.9 Å². The van der Waals surface area contributed by atoms with Crippen molar-refractivity contribution in [3.63, 3.8) is 0 Å². The van der Waals surface area contributed by atoms with E-state index in [0.717, 1.165) is 6.42 Å². The highest BCUT2D eigenvalue weighted by molar-refractivity contribution is 5.92. The lowest BCUT2D eigenvalue weighted by Gasteiger charge is -2.09. The van der Waals surface area contributed by atoms with Crippen LogP contribution in [0.3, 0.4) is 0 Å². The molecule has 0 saturated heterocycles. The summed E-state index contributed by atoms with van der Waals surface area (Å²) in [6, 6.07) is 0.0738. The number of hydrogen-bond acceptors (Lipinski definition) is 3. The molecule has 5 nitrogen and oxygen atoms in total. The van der Waals surface area contributed by atoms with E-state index in [1.807, 2.05) is 6.92 Å². The van der Waals surface area contributed by atoms with Crippen molar-refractivity contribution in [3.8, 4) is 0 Å². The zero-order chi connectivity index (χ0) is 12.0. The molecule has 3 N–H and O–H groups in total. The number of aromatic nitrogens is 2. The molecule has 0 aliphatic carbocycles. The molecule has 1 amide bonds. The minimum absolute atomic E-state index is 0.0738.